The zero-order chi connectivity index (χ0) is 26.6. The molecule has 0 atom stereocenters. The number of amides is 1. The van der Waals surface area contributed by atoms with Crippen molar-refractivity contribution in [1.29, 1.82) is 0 Å². The van der Waals surface area contributed by atoms with Crippen molar-refractivity contribution in [2.75, 3.05) is 5.32 Å². The van der Waals surface area contributed by atoms with Crippen molar-refractivity contribution in [2.24, 2.45) is 10.2 Å². The van der Waals surface area contributed by atoms with Crippen LogP contribution in [0.25, 0.3) is 21.6 Å². The lowest BCUT2D eigenvalue weighted by Gasteiger charge is -2.11. The number of carbonyl (C=O) groups is 1. The summed E-state index contributed by atoms with van der Waals surface area (Å²) in [5.41, 5.74) is -0.105. The van der Waals surface area contributed by atoms with Gasteiger partial charge in [-0.3, -0.25) is 14.9 Å². The van der Waals surface area contributed by atoms with Crippen LogP contribution in [0.3, 0.4) is 0 Å². The Morgan fingerprint density at radius 1 is 1.08 bits per heavy atom. The van der Waals surface area contributed by atoms with E-state index < -0.39 is 16.6 Å². The molecule has 0 unspecified atom stereocenters. The molecular weight excluding hydrogens is 490 g/mol. The Morgan fingerprint density at radius 3 is 2.63 bits per heavy atom. The molecule has 0 fully saturated rings. The number of aromatic hydroxyl groups is 1. The van der Waals surface area contributed by atoms with E-state index in [-0.39, 0.29) is 40.1 Å². The van der Waals surface area contributed by atoms with Gasteiger partial charge in [-0.1, -0.05) is 30.3 Å². The van der Waals surface area contributed by atoms with Gasteiger partial charge in [0.1, 0.15) is 5.69 Å². The van der Waals surface area contributed by atoms with Crippen LogP contribution in [0.5, 0.6) is 5.75 Å². The number of non-ortho nitro benzene ring substituents is 1. The van der Waals surface area contributed by atoms with Gasteiger partial charge in [-0.25, -0.2) is 14.8 Å². The number of nitro benzene ring substituents is 1. The number of anilines is 1. The van der Waals surface area contributed by atoms with E-state index in [0.717, 1.165) is 0 Å². The van der Waals surface area contributed by atoms with Gasteiger partial charge in [-0.2, -0.15) is 9.78 Å². The van der Waals surface area contributed by atoms with E-state index >= 15 is 0 Å². The van der Waals surface area contributed by atoms with Crippen molar-refractivity contribution in [1.82, 2.24) is 19.7 Å². The van der Waals surface area contributed by atoms with E-state index in [0.29, 0.717) is 10.8 Å². The number of phenols is 1. The summed E-state index contributed by atoms with van der Waals surface area (Å²) < 4.78 is 1.23. The van der Waals surface area contributed by atoms with Crippen molar-refractivity contribution in [2.45, 2.75) is 0 Å². The fourth-order valence-corrected chi connectivity index (χ4v) is 3.64. The first-order chi connectivity index (χ1) is 18.5. The molecule has 0 saturated heterocycles. The van der Waals surface area contributed by atoms with Crippen LogP contribution >= 0.6 is 0 Å². The third-order valence-electron chi connectivity index (χ3n) is 5.39. The first kappa shape index (κ1) is 23.7. The van der Waals surface area contributed by atoms with Crippen LogP contribution in [0.4, 0.5) is 28.6 Å². The fourth-order valence-electron chi connectivity index (χ4n) is 3.64. The molecule has 5 aromatic rings. The third-order valence-corrected chi connectivity index (χ3v) is 5.39. The molecule has 0 saturated carbocycles. The number of fused-ring (bicyclic) bond motifs is 1. The molecule has 2 N–H and O–H groups in total. The highest BCUT2D eigenvalue weighted by molar-refractivity contribution is 6.11. The topological polar surface area (TPSA) is 165 Å². The van der Waals surface area contributed by atoms with Crippen LogP contribution in [0, 0.1) is 16.7 Å². The van der Waals surface area contributed by atoms with Gasteiger partial charge in [-0.05, 0) is 23.6 Å². The maximum Gasteiger partial charge on any atom is 0.271 e. The number of hydrogen-bond acceptors (Lipinski definition) is 9. The number of carbonyl (C=O) groups excluding carboxylic acids is 1. The van der Waals surface area contributed by atoms with E-state index in [1.54, 1.807) is 30.3 Å². The molecule has 0 aliphatic rings. The van der Waals surface area contributed by atoms with E-state index in [4.69, 9.17) is 6.57 Å². The minimum Gasteiger partial charge on any atom is -0.505 e. The van der Waals surface area contributed by atoms with Crippen LogP contribution < -0.4 is 5.32 Å². The molecule has 0 spiro atoms. The molecule has 38 heavy (non-hydrogen) atoms. The number of nitro groups is 1. The summed E-state index contributed by atoms with van der Waals surface area (Å²) in [7, 11) is 0. The van der Waals surface area contributed by atoms with E-state index in [1.165, 1.54) is 53.6 Å². The zero-order valence-electron chi connectivity index (χ0n) is 19.3. The van der Waals surface area contributed by atoms with Gasteiger partial charge in [0.05, 0.1) is 23.3 Å². The van der Waals surface area contributed by atoms with Gasteiger partial charge in [-0.15, -0.1) is 10.2 Å². The fraction of sp³-hybridized carbons (Fsp3) is 0. The number of phenolic OH excluding ortho intramolecular Hbond substituents is 1. The van der Waals surface area contributed by atoms with Gasteiger partial charge in [0.25, 0.3) is 23.2 Å². The first-order valence-electron chi connectivity index (χ1n) is 10.9. The summed E-state index contributed by atoms with van der Waals surface area (Å²) in [5, 5.41) is 38.3. The first-order valence-corrected chi connectivity index (χ1v) is 10.9. The van der Waals surface area contributed by atoms with Gasteiger partial charge >= 0.3 is 0 Å². The van der Waals surface area contributed by atoms with Crippen LogP contribution in [0.2, 0.25) is 0 Å². The lowest BCUT2D eigenvalue weighted by molar-refractivity contribution is -0.384. The summed E-state index contributed by atoms with van der Waals surface area (Å²) in [6.07, 6.45) is 4.30. The second-order valence-electron chi connectivity index (χ2n) is 7.73. The molecule has 3 aromatic carbocycles. The number of nitrogens with zero attached hydrogens (tertiary/aromatic N) is 8. The minimum absolute atomic E-state index is 0.0232. The van der Waals surface area contributed by atoms with Crippen molar-refractivity contribution in [3.05, 3.63) is 106 Å². The number of hydrogen-bond donors (Lipinski definition) is 2. The molecule has 5 rings (SSSR count). The Bertz CT molecular complexity index is 1780. The summed E-state index contributed by atoms with van der Waals surface area (Å²) in [4.78, 5) is 35.2. The number of aromatic nitrogens is 4. The number of rotatable bonds is 6. The van der Waals surface area contributed by atoms with Gasteiger partial charge in [0.2, 0.25) is 0 Å². The summed E-state index contributed by atoms with van der Waals surface area (Å²) in [5.74, 6) is -0.992. The smallest absolute Gasteiger partial charge is 0.271 e. The number of benzene rings is 3. The van der Waals surface area contributed by atoms with E-state index in [2.05, 4.69) is 35.5 Å². The molecule has 13 nitrogen and oxygen atoms in total. The molecule has 1 amide bonds. The highest BCUT2D eigenvalue weighted by Gasteiger charge is 2.20. The second kappa shape index (κ2) is 9.91. The Kier molecular flexibility index (Phi) is 6.18. The standard InChI is InChI=1S/C25H15N9O4/c1-26-20-14-29-33(25-27-10-5-11-28-25)23(20)32-31-21-18-9-3-2-6-15(18)12-19(22(21)35)24(36)30-16-7-4-8-17(13-16)34(37)38/h2-14,35H,(H,30,36). The molecule has 0 radical (unpaired) electrons. The normalized spacial score (nSPS) is 10.9. The lowest BCUT2D eigenvalue weighted by Crippen LogP contribution is -2.12. The molecular formula is C25H15N9O4. The molecule has 0 bridgehead atoms. The van der Waals surface area contributed by atoms with Crippen molar-refractivity contribution < 1.29 is 14.8 Å². The Morgan fingerprint density at radius 2 is 1.87 bits per heavy atom. The van der Waals surface area contributed by atoms with Gasteiger partial charge in [0, 0.05) is 35.6 Å². The van der Waals surface area contributed by atoms with Crippen molar-refractivity contribution in [3.8, 4) is 11.7 Å². The van der Waals surface area contributed by atoms with Crippen LogP contribution in [0.1, 0.15) is 10.4 Å². The second-order valence-corrected chi connectivity index (χ2v) is 7.73. The molecule has 2 heterocycles. The van der Waals surface area contributed by atoms with E-state index in [1.807, 2.05) is 0 Å². The largest absolute Gasteiger partial charge is 0.505 e. The minimum atomic E-state index is -0.713. The average Bonchev–Trinajstić information content (AvgIpc) is 3.35. The molecule has 184 valence electrons. The number of azo groups is 1. The monoisotopic (exact) mass is 505 g/mol. The summed E-state index contributed by atoms with van der Waals surface area (Å²) >= 11 is 0. The highest BCUT2D eigenvalue weighted by atomic mass is 16.6. The van der Waals surface area contributed by atoms with Crippen LogP contribution in [-0.4, -0.2) is 35.7 Å². The highest BCUT2D eigenvalue weighted by Crippen LogP contribution is 2.40. The lowest BCUT2D eigenvalue weighted by atomic mass is 10.0. The molecule has 0 aliphatic heterocycles. The maximum atomic E-state index is 13.1. The third kappa shape index (κ3) is 4.48. The Hall–Kier alpha value is -6.03. The van der Waals surface area contributed by atoms with Gasteiger partial charge < -0.3 is 10.4 Å². The van der Waals surface area contributed by atoms with Crippen LogP contribution in [-0.2, 0) is 0 Å². The quantitative estimate of drug-likeness (QED) is 0.130. The predicted molar refractivity (Wildman–Crippen MR) is 136 cm³/mol. The molecule has 2 aromatic heterocycles. The van der Waals surface area contributed by atoms with Crippen molar-refractivity contribution in [3.63, 3.8) is 0 Å². The number of nitrogens with one attached hydrogen (secondary N) is 1. The summed E-state index contributed by atoms with van der Waals surface area (Å²) in [6, 6.07) is 15.4. The Balaban J connectivity index is 1.59. The van der Waals surface area contributed by atoms with Crippen LogP contribution in [0.15, 0.2) is 89.5 Å². The maximum absolute atomic E-state index is 13.1. The Labute approximate surface area is 213 Å². The average molecular weight is 505 g/mol. The summed E-state index contributed by atoms with van der Waals surface area (Å²) in [6.45, 7) is 7.44. The van der Waals surface area contributed by atoms with Crippen molar-refractivity contribution >= 4 is 45.2 Å². The SMILES string of the molecule is [C-]#[N+]c1cnn(-c2ncccn2)c1N=Nc1c(O)c(C(=O)Nc2cccc([N+](=O)[O-])c2)cc2ccccc12. The van der Waals surface area contributed by atoms with E-state index in [9.17, 15) is 20.0 Å². The zero-order valence-corrected chi connectivity index (χ0v) is 19.3. The molecule has 13 heteroatoms. The molecule has 0 aliphatic carbocycles. The van der Waals surface area contributed by atoms with Gasteiger partial charge in [0.15, 0.2) is 11.6 Å². The predicted octanol–water partition coefficient (Wildman–Crippen LogP) is 5.65.